The molecule has 1 rings (SSSR count). The van der Waals surface area contributed by atoms with Crippen LogP contribution < -0.4 is 5.32 Å². The van der Waals surface area contributed by atoms with E-state index in [1.165, 1.54) is 11.8 Å². The van der Waals surface area contributed by atoms with Crippen molar-refractivity contribution in [2.45, 2.75) is 19.9 Å². The van der Waals surface area contributed by atoms with E-state index < -0.39 is 0 Å². The largest absolute Gasteiger partial charge is 0.338 e. The van der Waals surface area contributed by atoms with E-state index in [9.17, 15) is 9.59 Å². The Morgan fingerprint density at radius 2 is 2.20 bits per heavy atom. The third-order valence-corrected chi connectivity index (χ3v) is 2.63. The van der Waals surface area contributed by atoms with Gasteiger partial charge in [0.15, 0.2) is 0 Å². The summed E-state index contributed by atoms with van der Waals surface area (Å²) in [5, 5.41) is 3.27. The van der Waals surface area contributed by atoms with Crippen LogP contribution in [0.5, 0.6) is 0 Å². The van der Waals surface area contributed by atoms with Crippen molar-refractivity contribution in [2.24, 2.45) is 0 Å². The van der Waals surface area contributed by atoms with Gasteiger partial charge < -0.3 is 15.1 Å². The molecule has 0 radical (unpaired) electrons. The number of carbonyl (C=O) groups excluding carboxylic acids is 2. The summed E-state index contributed by atoms with van der Waals surface area (Å²) in [6.45, 7) is 5.99. The minimum atomic E-state index is -0.0773. The minimum Gasteiger partial charge on any atom is -0.338 e. The molecule has 0 saturated carbocycles. The van der Waals surface area contributed by atoms with E-state index in [-0.39, 0.29) is 18.4 Å². The maximum Gasteiger partial charge on any atom is 0.242 e. The monoisotopic (exact) mass is 213 g/mol. The number of rotatable bonds is 2. The van der Waals surface area contributed by atoms with Gasteiger partial charge in [-0.1, -0.05) is 0 Å². The molecule has 1 heterocycles. The quantitative estimate of drug-likeness (QED) is 0.659. The molecule has 86 valence electrons. The van der Waals surface area contributed by atoms with E-state index in [4.69, 9.17) is 0 Å². The summed E-state index contributed by atoms with van der Waals surface area (Å²) in [5.41, 5.74) is 0. The van der Waals surface area contributed by atoms with Crippen molar-refractivity contribution in [3.63, 3.8) is 0 Å². The molecule has 0 unspecified atom stereocenters. The fourth-order valence-electron chi connectivity index (χ4n) is 1.57. The first-order valence-electron chi connectivity index (χ1n) is 5.23. The molecule has 1 N–H and O–H groups in total. The second-order valence-corrected chi connectivity index (χ2v) is 4.07. The second kappa shape index (κ2) is 5.11. The lowest BCUT2D eigenvalue weighted by atomic mass is 10.2. The summed E-state index contributed by atoms with van der Waals surface area (Å²) < 4.78 is 0. The molecular formula is C10H19N3O2. The third-order valence-electron chi connectivity index (χ3n) is 2.63. The smallest absolute Gasteiger partial charge is 0.242 e. The summed E-state index contributed by atoms with van der Waals surface area (Å²) in [7, 11) is 1.64. The van der Waals surface area contributed by atoms with Gasteiger partial charge >= 0.3 is 0 Å². The lowest BCUT2D eigenvalue weighted by molar-refractivity contribution is -0.139. The zero-order valence-corrected chi connectivity index (χ0v) is 9.62. The van der Waals surface area contributed by atoms with Crippen LogP contribution in [-0.4, -0.2) is 60.9 Å². The molecule has 0 aromatic rings. The standard InChI is InChI=1S/C10H19N3O2/c1-8-6-13(5-4-11-8)10(15)7-12(3)9(2)14/h8,11H,4-7H2,1-3H3/t8-/m0/s1. The molecule has 0 spiro atoms. The van der Waals surface area contributed by atoms with Crippen LogP contribution >= 0.6 is 0 Å². The Kier molecular flexibility index (Phi) is 4.08. The summed E-state index contributed by atoms with van der Waals surface area (Å²) >= 11 is 0. The maximum atomic E-state index is 11.8. The third kappa shape index (κ3) is 3.51. The van der Waals surface area contributed by atoms with Gasteiger partial charge in [0, 0.05) is 39.6 Å². The number of carbonyl (C=O) groups is 2. The van der Waals surface area contributed by atoms with Crippen LogP contribution in [0, 0.1) is 0 Å². The Morgan fingerprint density at radius 1 is 1.53 bits per heavy atom. The SMILES string of the molecule is CC(=O)N(C)CC(=O)N1CCN[C@@H](C)C1. The summed E-state index contributed by atoms with van der Waals surface area (Å²) in [6.07, 6.45) is 0. The van der Waals surface area contributed by atoms with Crippen LogP contribution in [-0.2, 0) is 9.59 Å². The zero-order valence-electron chi connectivity index (χ0n) is 9.62. The van der Waals surface area contributed by atoms with Crippen LogP contribution in [0.25, 0.3) is 0 Å². The van der Waals surface area contributed by atoms with Crippen molar-refractivity contribution in [2.75, 3.05) is 33.2 Å². The molecule has 1 aliphatic rings. The second-order valence-electron chi connectivity index (χ2n) is 4.07. The van der Waals surface area contributed by atoms with Gasteiger partial charge in [0.05, 0.1) is 6.54 Å². The highest BCUT2D eigenvalue weighted by Gasteiger charge is 2.21. The summed E-state index contributed by atoms with van der Waals surface area (Å²) in [4.78, 5) is 26.0. The van der Waals surface area contributed by atoms with E-state index in [0.29, 0.717) is 6.04 Å². The van der Waals surface area contributed by atoms with Gasteiger partial charge in [0.2, 0.25) is 11.8 Å². The number of amides is 2. The zero-order chi connectivity index (χ0) is 11.4. The molecule has 2 amide bonds. The molecule has 0 aromatic carbocycles. The predicted octanol–water partition coefficient (Wildman–Crippen LogP) is -0.715. The van der Waals surface area contributed by atoms with Crippen molar-refractivity contribution >= 4 is 11.8 Å². The Hall–Kier alpha value is -1.10. The van der Waals surface area contributed by atoms with Crippen LogP contribution in [0.4, 0.5) is 0 Å². The van der Waals surface area contributed by atoms with E-state index in [2.05, 4.69) is 5.32 Å². The first-order chi connectivity index (χ1) is 7.00. The predicted molar refractivity (Wildman–Crippen MR) is 57.4 cm³/mol. The Bertz CT molecular complexity index is 255. The first kappa shape index (κ1) is 12.0. The summed E-state index contributed by atoms with van der Waals surface area (Å²) in [6, 6.07) is 0.338. The Labute approximate surface area is 90.4 Å². The number of hydrogen-bond acceptors (Lipinski definition) is 3. The van der Waals surface area contributed by atoms with Gasteiger partial charge in [0.1, 0.15) is 0 Å². The molecular weight excluding hydrogens is 194 g/mol. The molecule has 0 bridgehead atoms. The highest BCUT2D eigenvalue weighted by Crippen LogP contribution is 2.00. The molecule has 5 heteroatoms. The van der Waals surface area contributed by atoms with Crippen LogP contribution in [0.1, 0.15) is 13.8 Å². The number of piperazine rings is 1. The van der Waals surface area contributed by atoms with E-state index >= 15 is 0 Å². The lowest BCUT2D eigenvalue weighted by Crippen LogP contribution is -2.53. The average Bonchev–Trinajstić information content (AvgIpc) is 2.17. The van der Waals surface area contributed by atoms with Gasteiger partial charge in [-0.2, -0.15) is 0 Å². The number of hydrogen-bond donors (Lipinski definition) is 1. The van der Waals surface area contributed by atoms with E-state index in [1.54, 1.807) is 11.9 Å². The van der Waals surface area contributed by atoms with Gasteiger partial charge in [0.25, 0.3) is 0 Å². The molecule has 1 aliphatic heterocycles. The Morgan fingerprint density at radius 3 is 2.73 bits per heavy atom. The molecule has 0 aliphatic carbocycles. The fraction of sp³-hybridized carbons (Fsp3) is 0.800. The number of likely N-dealkylation sites (N-methyl/N-ethyl adjacent to an activating group) is 1. The number of nitrogens with zero attached hydrogens (tertiary/aromatic N) is 2. The molecule has 0 aromatic heterocycles. The highest BCUT2D eigenvalue weighted by atomic mass is 16.2. The van der Waals surface area contributed by atoms with Crippen LogP contribution in [0.15, 0.2) is 0 Å². The van der Waals surface area contributed by atoms with Gasteiger partial charge in [-0.25, -0.2) is 0 Å². The molecule has 15 heavy (non-hydrogen) atoms. The minimum absolute atomic E-state index is 0.0288. The van der Waals surface area contributed by atoms with Crippen molar-refractivity contribution in [3.8, 4) is 0 Å². The van der Waals surface area contributed by atoms with Gasteiger partial charge in [-0.05, 0) is 6.92 Å². The molecule has 1 saturated heterocycles. The van der Waals surface area contributed by atoms with Crippen molar-refractivity contribution in [1.29, 1.82) is 0 Å². The van der Waals surface area contributed by atoms with Gasteiger partial charge in [-0.15, -0.1) is 0 Å². The maximum absolute atomic E-state index is 11.8. The fourth-order valence-corrected chi connectivity index (χ4v) is 1.57. The van der Waals surface area contributed by atoms with Crippen molar-refractivity contribution < 1.29 is 9.59 Å². The average molecular weight is 213 g/mol. The molecule has 1 fully saturated rings. The number of nitrogens with one attached hydrogen (secondary N) is 1. The van der Waals surface area contributed by atoms with Crippen LogP contribution in [0.2, 0.25) is 0 Å². The lowest BCUT2D eigenvalue weighted by Gasteiger charge is -2.32. The Balaban J connectivity index is 2.42. The molecule has 5 nitrogen and oxygen atoms in total. The highest BCUT2D eigenvalue weighted by molar-refractivity contribution is 5.83. The first-order valence-corrected chi connectivity index (χ1v) is 5.23. The molecule has 1 atom stereocenters. The normalized spacial score (nSPS) is 21.3. The van der Waals surface area contributed by atoms with Crippen LogP contribution in [0.3, 0.4) is 0 Å². The summed E-state index contributed by atoms with van der Waals surface area (Å²) in [5.74, 6) is -0.0485. The van der Waals surface area contributed by atoms with Gasteiger partial charge in [-0.3, -0.25) is 9.59 Å². The van der Waals surface area contributed by atoms with Crippen molar-refractivity contribution in [1.82, 2.24) is 15.1 Å². The topological polar surface area (TPSA) is 52.7 Å². The van der Waals surface area contributed by atoms with Crippen molar-refractivity contribution in [3.05, 3.63) is 0 Å². The van der Waals surface area contributed by atoms with E-state index in [1.807, 2.05) is 6.92 Å². The van der Waals surface area contributed by atoms with E-state index in [0.717, 1.165) is 19.6 Å².